The lowest BCUT2D eigenvalue weighted by atomic mass is 9.93. The number of ether oxygens (including phenoxy) is 1. The van der Waals surface area contributed by atoms with Crippen LogP contribution >= 0.6 is 0 Å². The van der Waals surface area contributed by atoms with Gasteiger partial charge in [0.15, 0.2) is 0 Å². The van der Waals surface area contributed by atoms with E-state index in [1.165, 1.54) is 24.8 Å². The Morgan fingerprint density at radius 2 is 2.00 bits per heavy atom. The Hall–Kier alpha value is -0.560. The van der Waals surface area contributed by atoms with Crippen molar-refractivity contribution in [2.45, 2.75) is 59.2 Å². The third-order valence-corrected chi connectivity index (χ3v) is 4.77. The van der Waals surface area contributed by atoms with Crippen LogP contribution in [-0.2, 0) is 4.74 Å². The van der Waals surface area contributed by atoms with Crippen molar-refractivity contribution in [3.05, 3.63) is 22.3 Å². The van der Waals surface area contributed by atoms with Crippen molar-refractivity contribution >= 4 is 0 Å². The zero-order valence-corrected chi connectivity index (χ0v) is 10.8. The van der Waals surface area contributed by atoms with Gasteiger partial charge < -0.3 is 4.74 Å². The summed E-state index contributed by atoms with van der Waals surface area (Å²) in [5, 5.41) is 0. The van der Waals surface area contributed by atoms with E-state index in [2.05, 4.69) is 27.7 Å². The molecule has 0 bridgehead atoms. The molecule has 1 heterocycles. The van der Waals surface area contributed by atoms with Gasteiger partial charge in [0.2, 0.25) is 0 Å². The lowest BCUT2D eigenvalue weighted by molar-refractivity contribution is 0.325. The lowest BCUT2D eigenvalue weighted by Gasteiger charge is -2.15. The summed E-state index contributed by atoms with van der Waals surface area (Å²) >= 11 is 0. The van der Waals surface area contributed by atoms with Gasteiger partial charge in [0.25, 0.3) is 0 Å². The van der Waals surface area contributed by atoms with Crippen LogP contribution in [0.25, 0.3) is 0 Å². The molecule has 0 unspecified atom stereocenters. The molecule has 0 radical (unpaired) electrons. The van der Waals surface area contributed by atoms with Crippen molar-refractivity contribution in [1.82, 2.24) is 0 Å². The molecule has 16 heavy (non-hydrogen) atoms. The Morgan fingerprint density at radius 1 is 1.25 bits per heavy atom. The van der Waals surface area contributed by atoms with Crippen molar-refractivity contribution < 1.29 is 4.74 Å². The van der Waals surface area contributed by atoms with Crippen molar-refractivity contribution in [2.24, 2.45) is 11.8 Å². The highest BCUT2D eigenvalue weighted by Crippen LogP contribution is 2.53. The predicted molar refractivity (Wildman–Crippen MR) is 66.2 cm³/mol. The lowest BCUT2D eigenvalue weighted by Crippen LogP contribution is -2.05. The third kappa shape index (κ3) is 1.41. The first-order chi connectivity index (χ1) is 7.59. The zero-order chi connectivity index (χ0) is 11.4. The molecule has 3 aliphatic rings. The second kappa shape index (κ2) is 3.46. The van der Waals surface area contributed by atoms with Crippen LogP contribution in [-0.4, -0.2) is 12.2 Å². The summed E-state index contributed by atoms with van der Waals surface area (Å²) in [5.41, 5.74) is 6.62. The number of rotatable bonds is 0. The summed E-state index contributed by atoms with van der Waals surface area (Å²) in [6.45, 7) is 9.28. The molecule has 0 aromatic rings. The van der Waals surface area contributed by atoms with E-state index in [1.54, 1.807) is 16.7 Å². The molecule has 2 aliphatic carbocycles. The largest absolute Gasteiger partial charge is 0.364 e. The van der Waals surface area contributed by atoms with Gasteiger partial charge in [-0.2, -0.15) is 0 Å². The minimum absolute atomic E-state index is 0.511. The van der Waals surface area contributed by atoms with Crippen LogP contribution in [0, 0.1) is 11.8 Å². The number of fused-ring (bicyclic) bond motifs is 2. The Bertz CT molecular complexity index is 384. The summed E-state index contributed by atoms with van der Waals surface area (Å²) in [5.74, 6) is 1.42. The third-order valence-electron chi connectivity index (χ3n) is 4.77. The molecule has 1 saturated heterocycles. The fraction of sp³-hybridized carbons (Fsp3) is 0.733. The van der Waals surface area contributed by atoms with E-state index in [0.29, 0.717) is 18.1 Å². The first kappa shape index (κ1) is 10.6. The normalized spacial score (nSPS) is 41.6. The van der Waals surface area contributed by atoms with Crippen molar-refractivity contribution in [1.29, 1.82) is 0 Å². The average Bonchev–Trinajstić information content (AvgIpc) is 2.96. The van der Waals surface area contributed by atoms with E-state index < -0.39 is 0 Å². The van der Waals surface area contributed by atoms with Gasteiger partial charge in [-0.3, -0.25) is 0 Å². The fourth-order valence-corrected chi connectivity index (χ4v) is 3.55. The minimum atomic E-state index is 0.511. The van der Waals surface area contributed by atoms with Crippen LogP contribution in [0.5, 0.6) is 0 Å². The van der Waals surface area contributed by atoms with Gasteiger partial charge in [-0.15, -0.1) is 0 Å². The SMILES string of the molecule is CC(C)=C1CC[C@H](C)C2=C(C1)[C@H](C)[C@@H]1O[C@@H]21. The van der Waals surface area contributed by atoms with E-state index in [1.807, 2.05) is 0 Å². The number of allylic oxidation sites excluding steroid dienone is 2. The maximum absolute atomic E-state index is 5.78. The van der Waals surface area contributed by atoms with Crippen molar-refractivity contribution in [2.75, 3.05) is 0 Å². The Kier molecular flexibility index (Phi) is 2.29. The van der Waals surface area contributed by atoms with Crippen molar-refractivity contribution in [3.8, 4) is 0 Å². The standard InChI is InChI=1S/C15H22O/c1-8(2)11-6-5-9(3)13-12(7-11)10(4)14-15(13)16-14/h9-10,14-15H,5-7H2,1-4H3/t9-,10-,14-,15-/m0/s1. The minimum Gasteiger partial charge on any atom is -0.364 e. The van der Waals surface area contributed by atoms with E-state index in [-0.39, 0.29) is 0 Å². The first-order valence-electron chi connectivity index (χ1n) is 6.63. The topological polar surface area (TPSA) is 12.5 Å². The summed E-state index contributed by atoms with van der Waals surface area (Å²) in [6.07, 6.45) is 4.90. The van der Waals surface area contributed by atoms with E-state index >= 15 is 0 Å². The monoisotopic (exact) mass is 218 g/mol. The maximum Gasteiger partial charge on any atom is 0.106 e. The molecule has 0 saturated carbocycles. The summed E-state index contributed by atoms with van der Waals surface area (Å²) in [7, 11) is 0. The molecular weight excluding hydrogens is 196 g/mol. The molecular formula is C15H22O. The Labute approximate surface area is 98.6 Å². The van der Waals surface area contributed by atoms with Gasteiger partial charge in [0, 0.05) is 5.92 Å². The van der Waals surface area contributed by atoms with Crippen LogP contribution in [0.15, 0.2) is 22.3 Å². The van der Waals surface area contributed by atoms with Gasteiger partial charge in [-0.1, -0.05) is 30.6 Å². The van der Waals surface area contributed by atoms with Gasteiger partial charge in [-0.25, -0.2) is 0 Å². The molecule has 88 valence electrons. The van der Waals surface area contributed by atoms with Gasteiger partial charge in [0.05, 0.1) is 6.10 Å². The molecule has 1 fully saturated rings. The number of hydrogen-bond donors (Lipinski definition) is 0. The Balaban J connectivity index is 1.99. The molecule has 1 aliphatic heterocycles. The van der Waals surface area contributed by atoms with Crippen LogP contribution in [0.4, 0.5) is 0 Å². The molecule has 0 aromatic heterocycles. The molecule has 0 amide bonds. The fourth-order valence-electron chi connectivity index (χ4n) is 3.55. The maximum atomic E-state index is 5.78. The molecule has 0 spiro atoms. The molecule has 0 aromatic carbocycles. The Morgan fingerprint density at radius 3 is 2.69 bits per heavy atom. The summed E-state index contributed by atoms with van der Waals surface area (Å²) in [6, 6.07) is 0. The first-order valence-corrected chi connectivity index (χ1v) is 6.63. The zero-order valence-electron chi connectivity index (χ0n) is 10.8. The molecule has 4 atom stereocenters. The van der Waals surface area contributed by atoms with Crippen LogP contribution in [0.2, 0.25) is 0 Å². The molecule has 0 N–H and O–H groups in total. The van der Waals surface area contributed by atoms with Crippen LogP contribution in [0.3, 0.4) is 0 Å². The van der Waals surface area contributed by atoms with Gasteiger partial charge in [-0.05, 0) is 44.6 Å². The molecule has 3 rings (SSSR count). The second-order valence-corrected chi connectivity index (χ2v) is 6.01. The highest BCUT2D eigenvalue weighted by atomic mass is 16.6. The van der Waals surface area contributed by atoms with Crippen molar-refractivity contribution in [3.63, 3.8) is 0 Å². The molecule has 1 nitrogen and oxygen atoms in total. The van der Waals surface area contributed by atoms with Crippen LogP contribution < -0.4 is 0 Å². The average molecular weight is 218 g/mol. The van der Waals surface area contributed by atoms with Crippen LogP contribution in [0.1, 0.15) is 47.0 Å². The highest BCUT2D eigenvalue weighted by Gasteiger charge is 2.54. The summed E-state index contributed by atoms with van der Waals surface area (Å²) in [4.78, 5) is 0. The molecule has 1 heteroatoms. The predicted octanol–water partition coefficient (Wildman–Crippen LogP) is 3.86. The van der Waals surface area contributed by atoms with Gasteiger partial charge >= 0.3 is 0 Å². The van der Waals surface area contributed by atoms with E-state index in [4.69, 9.17) is 4.74 Å². The van der Waals surface area contributed by atoms with E-state index in [0.717, 1.165) is 5.92 Å². The quantitative estimate of drug-likeness (QED) is 0.444. The van der Waals surface area contributed by atoms with E-state index in [9.17, 15) is 0 Å². The van der Waals surface area contributed by atoms with Gasteiger partial charge in [0.1, 0.15) is 6.10 Å². The number of hydrogen-bond acceptors (Lipinski definition) is 1. The smallest absolute Gasteiger partial charge is 0.106 e. The second-order valence-electron chi connectivity index (χ2n) is 6.01. The summed E-state index contributed by atoms with van der Waals surface area (Å²) < 4.78 is 5.78. The number of epoxide rings is 1. The highest BCUT2D eigenvalue weighted by molar-refractivity contribution is 5.41.